The number of rotatable bonds is 5. The molecule has 1 amide bonds. The lowest BCUT2D eigenvalue weighted by Crippen LogP contribution is -2.28. The average molecular weight is 350 g/mol. The SMILES string of the molecule is CN(C(=O)Cc1ccc(F)cc1)c1ccc(N(C)S(C)(=O)=O)cc1. The van der Waals surface area contributed by atoms with E-state index in [-0.39, 0.29) is 18.1 Å². The van der Waals surface area contributed by atoms with Crippen LogP contribution in [0.1, 0.15) is 5.56 Å². The summed E-state index contributed by atoms with van der Waals surface area (Å²) >= 11 is 0. The van der Waals surface area contributed by atoms with Gasteiger partial charge in [0.1, 0.15) is 5.82 Å². The maximum Gasteiger partial charge on any atom is 0.231 e. The molecule has 0 aromatic heterocycles. The van der Waals surface area contributed by atoms with Gasteiger partial charge < -0.3 is 4.90 Å². The quantitative estimate of drug-likeness (QED) is 0.832. The number of benzene rings is 2. The minimum absolute atomic E-state index is 0.147. The van der Waals surface area contributed by atoms with E-state index in [1.54, 1.807) is 43.4 Å². The number of carbonyl (C=O) groups excluding carboxylic acids is 1. The van der Waals surface area contributed by atoms with Gasteiger partial charge in [-0.05, 0) is 42.0 Å². The van der Waals surface area contributed by atoms with E-state index in [4.69, 9.17) is 0 Å². The third-order valence-corrected chi connectivity index (χ3v) is 4.95. The number of halogens is 1. The molecule has 0 aliphatic carbocycles. The number of carbonyl (C=O) groups is 1. The molecule has 0 atom stereocenters. The summed E-state index contributed by atoms with van der Waals surface area (Å²) in [5, 5.41) is 0. The Morgan fingerprint density at radius 1 is 0.958 bits per heavy atom. The Balaban J connectivity index is 2.10. The number of likely N-dealkylation sites (N-methyl/N-ethyl adjacent to an activating group) is 1. The molecule has 2 rings (SSSR count). The van der Waals surface area contributed by atoms with Crippen molar-refractivity contribution in [2.45, 2.75) is 6.42 Å². The van der Waals surface area contributed by atoms with Crippen LogP contribution in [0.3, 0.4) is 0 Å². The third kappa shape index (κ3) is 4.32. The number of amides is 1. The number of hydrogen-bond acceptors (Lipinski definition) is 3. The highest BCUT2D eigenvalue weighted by Gasteiger charge is 2.14. The number of nitrogens with zero attached hydrogens (tertiary/aromatic N) is 2. The zero-order valence-corrected chi connectivity index (χ0v) is 14.5. The largest absolute Gasteiger partial charge is 0.315 e. The van der Waals surface area contributed by atoms with E-state index < -0.39 is 10.0 Å². The lowest BCUT2D eigenvalue weighted by Gasteiger charge is -2.20. The van der Waals surface area contributed by atoms with Gasteiger partial charge in [0.25, 0.3) is 0 Å². The van der Waals surface area contributed by atoms with Gasteiger partial charge in [0, 0.05) is 19.8 Å². The van der Waals surface area contributed by atoms with Gasteiger partial charge in [-0.3, -0.25) is 9.10 Å². The Kier molecular flexibility index (Phi) is 5.23. The Morgan fingerprint density at radius 2 is 1.46 bits per heavy atom. The predicted octanol–water partition coefficient (Wildman–Crippen LogP) is 2.43. The summed E-state index contributed by atoms with van der Waals surface area (Å²) in [7, 11) is -0.221. The molecule has 0 aliphatic rings. The molecule has 0 fully saturated rings. The van der Waals surface area contributed by atoms with Crippen LogP contribution in [0.4, 0.5) is 15.8 Å². The molecule has 0 saturated heterocycles. The van der Waals surface area contributed by atoms with Gasteiger partial charge in [-0.15, -0.1) is 0 Å². The van der Waals surface area contributed by atoms with Crippen LogP contribution < -0.4 is 9.21 Å². The van der Waals surface area contributed by atoms with E-state index in [1.807, 2.05) is 0 Å². The van der Waals surface area contributed by atoms with E-state index >= 15 is 0 Å². The minimum atomic E-state index is -3.33. The van der Waals surface area contributed by atoms with Crippen LogP contribution in [-0.4, -0.2) is 34.7 Å². The van der Waals surface area contributed by atoms with Crippen LogP contribution in [0.5, 0.6) is 0 Å². The summed E-state index contributed by atoms with van der Waals surface area (Å²) in [6.07, 6.45) is 1.28. The van der Waals surface area contributed by atoms with Crippen molar-refractivity contribution in [2.24, 2.45) is 0 Å². The summed E-state index contributed by atoms with van der Waals surface area (Å²) in [4.78, 5) is 13.8. The Hall–Kier alpha value is -2.41. The van der Waals surface area contributed by atoms with Crippen LogP contribution in [0.2, 0.25) is 0 Å². The molecule has 0 radical (unpaired) electrons. The fourth-order valence-electron chi connectivity index (χ4n) is 2.12. The summed E-state index contributed by atoms with van der Waals surface area (Å²) in [6, 6.07) is 12.4. The van der Waals surface area contributed by atoms with Gasteiger partial charge in [-0.1, -0.05) is 12.1 Å². The highest BCUT2D eigenvalue weighted by atomic mass is 32.2. The molecule has 24 heavy (non-hydrogen) atoms. The van der Waals surface area contributed by atoms with E-state index in [0.717, 1.165) is 16.1 Å². The Morgan fingerprint density at radius 3 is 1.96 bits per heavy atom. The van der Waals surface area contributed by atoms with E-state index in [2.05, 4.69) is 0 Å². The van der Waals surface area contributed by atoms with Crippen LogP contribution in [0.25, 0.3) is 0 Å². The number of sulfonamides is 1. The second-order valence-electron chi connectivity index (χ2n) is 5.50. The highest BCUT2D eigenvalue weighted by Crippen LogP contribution is 2.21. The summed E-state index contributed by atoms with van der Waals surface area (Å²) in [5.41, 5.74) is 1.88. The Labute approximate surface area is 141 Å². The van der Waals surface area contributed by atoms with Crippen LogP contribution in [-0.2, 0) is 21.2 Å². The fraction of sp³-hybridized carbons (Fsp3) is 0.235. The zero-order chi connectivity index (χ0) is 17.9. The predicted molar refractivity (Wildman–Crippen MR) is 93.2 cm³/mol. The molecular weight excluding hydrogens is 331 g/mol. The van der Waals surface area contributed by atoms with Crippen molar-refractivity contribution < 1.29 is 17.6 Å². The van der Waals surface area contributed by atoms with Crippen LogP contribution >= 0.6 is 0 Å². The standard InChI is InChI=1S/C17H19FN2O3S/c1-19(17(21)12-13-4-6-14(18)7-5-13)15-8-10-16(11-9-15)20(2)24(3,22)23/h4-11H,12H2,1-3H3. The first kappa shape index (κ1) is 17.9. The second-order valence-corrected chi connectivity index (χ2v) is 7.52. The van der Waals surface area contributed by atoms with E-state index in [9.17, 15) is 17.6 Å². The maximum atomic E-state index is 12.9. The molecule has 0 aliphatic heterocycles. The lowest BCUT2D eigenvalue weighted by atomic mass is 10.1. The molecule has 0 heterocycles. The van der Waals surface area contributed by atoms with Gasteiger partial charge in [0.2, 0.25) is 15.9 Å². The van der Waals surface area contributed by atoms with Crippen LogP contribution in [0.15, 0.2) is 48.5 Å². The third-order valence-electron chi connectivity index (χ3n) is 3.74. The molecule has 128 valence electrons. The van der Waals surface area contributed by atoms with E-state index in [0.29, 0.717) is 11.4 Å². The topological polar surface area (TPSA) is 57.7 Å². The summed E-state index contributed by atoms with van der Waals surface area (Å²) in [5.74, 6) is -0.490. The van der Waals surface area contributed by atoms with Crippen molar-refractivity contribution in [1.29, 1.82) is 0 Å². The van der Waals surface area contributed by atoms with E-state index in [1.165, 1.54) is 24.1 Å². The molecule has 2 aromatic rings. The molecule has 0 bridgehead atoms. The average Bonchev–Trinajstić information content (AvgIpc) is 2.55. The molecule has 0 unspecified atom stereocenters. The summed E-state index contributed by atoms with van der Waals surface area (Å²) in [6.45, 7) is 0. The van der Waals surface area contributed by atoms with Gasteiger partial charge >= 0.3 is 0 Å². The first-order valence-electron chi connectivity index (χ1n) is 7.23. The van der Waals surface area contributed by atoms with Crippen molar-refractivity contribution in [1.82, 2.24) is 0 Å². The van der Waals surface area contributed by atoms with Crippen molar-refractivity contribution in [3.05, 3.63) is 59.9 Å². The first-order valence-corrected chi connectivity index (χ1v) is 9.08. The van der Waals surface area contributed by atoms with Gasteiger partial charge in [0.15, 0.2) is 0 Å². The van der Waals surface area contributed by atoms with Crippen molar-refractivity contribution in [3.8, 4) is 0 Å². The smallest absolute Gasteiger partial charge is 0.231 e. The molecule has 0 spiro atoms. The highest BCUT2D eigenvalue weighted by molar-refractivity contribution is 7.92. The van der Waals surface area contributed by atoms with Gasteiger partial charge in [-0.25, -0.2) is 12.8 Å². The molecule has 0 N–H and O–H groups in total. The fourth-order valence-corrected chi connectivity index (χ4v) is 2.62. The Bertz CT molecular complexity index is 818. The van der Waals surface area contributed by atoms with Crippen molar-refractivity contribution in [3.63, 3.8) is 0 Å². The number of anilines is 2. The molecule has 5 nitrogen and oxygen atoms in total. The molecule has 7 heteroatoms. The van der Waals surface area contributed by atoms with Gasteiger partial charge in [-0.2, -0.15) is 0 Å². The van der Waals surface area contributed by atoms with Crippen LogP contribution in [0, 0.1) is 5.82 Å². The maximum absolute atomic E-state index is 12.9. The normalized spacial score (nSPS) is 11.2. The monoisotopic (exact) mass is 350 g/mol. The lowest BCUT2D eigenvalue weighted by molar-refractivity contribution is -0.117. The molecule has 2 aromatic carbocycles. The van der Waals surface area contributed by atoms with Crippen molar-refractivity contribution >= 4 is 27.3 Å². The van der Waals surface area contributed by atoms with Gasteiger partial charge in [0.05, 0.1) is 18.4 Å². The first-order chi connectivity index (χ1) is 11.2. The minimum Gasteiger partial charge on any atom is -0.315 e. The zero-order valence-electron chi connectivity index (χ0n) is 13.7. The number of hydrogen-bond donors (Lipinski definition) is 0. The molecule has 0 saturated carbocycles. The second kappa shape index (κ2) is 7.00. The summed E-state index contributed by atoms with van der Waals surface area (Å²) < 4.78 is 37.1. The van der Waals surface area contributed by atoms with Crippen molar-refractivity contribution in [2.75, 3.05) is 29.6 Å². The molecular formula is C17H19FN2O3S.